The largest absolute Gasteiger partial charge is 0.465 e. The molecule has 2 rings (SSSR count). The predicted octanol–water partition coefficient (Wildman–Crippen LogP) is 1.83. The van der Waals surface area contributed by atoms with Gasteiger partial charge in [-0.2, -0.15) is 0 Å². The molecule has 7 nitrogen and oxygen atoms in total. The Hall–Kier alpha value is -2.71. The van der Waals surface area contributed by atoms with Crippen molar-refractivity contribution >= 4 is 22.0 Å². The number of methoxy groups -OCH3 is 1. The lowest BCUT2D eigenvalue weighted by atomic mass is 10.1. The van der Waals surface area contributed by atoms with Crippen LogP contribution < -0.4 is 4.89 Å². The molecular weight excluding hydrogens is 334 g/mol. The number of aryl methyl sites for hydroxylation is 1. The quantitative estimate of drug-likeness (QED) is 0.653. The van der Waals surface area contributed by atoms with Crippen molar-refractivity contribution in [2.45, 2.75) is 11.8 Å². The van der Waals surface area contributed by atoms with Gasteiger partial charge in [-0.3, -0.25) is 0 Å². The zero-order chi connectivity index (χ0) is 17.7. The predicted molar refractivity (Wildman–Crippen MR) is 84.7 cm³/mol. The van der Waals surface area contributed by atoms with Crippen LogP contribution in [-0.4, -0.2) is 27.5 Å². The molecule has 0 unspecified atom stereocenters. The first kappa shape index (κ1) is 17.6. The van der Waals surface area contributed by atoms with E-state index in [1.54, 1.807) is 17.0 Å². The van der Waals surface area contributed by atoms with E-state index in [4.69, 9.17) is 0 Å². The maximum Gasteiger partial charge on any atom is 0.357 e. The molecule has 0 aliphatic heterocycles. The minimum absolute atomic E-state index is 0.0260. The first-order chi connectivity index (χ1) is 11.3. The molecule has 0 atom stereocenters. The molecule has 0 aliphatic carbocycles. The number of sulfonamides is 1. The molecule has 8 heteroatoms. The summed E-state index contributed by atoms with van der Waals surface area (Å²) in [6.07, 6.45) is 0. The van der Waals surface area contributed by atoms with E-state index in [9.17, 15) is 18.0 Å². The van der Waals surface area contributed by atoms with Crippen molar-refractivity contribution in [3.63, 3.8) is 0 Å². The number of hydrogen-bond donors (Lipinski definition) is 1. The maximum absolute atomic E-state index is 12.0. The second-order valence-electron chi connectivity index (χ2n) is 4.86. The highest BCUT2D eigenvalue weighted by Crippen LogP contribution is 2.11. The van der Waals surface area contributed by atoms with Gasteiger partial charge in [0, 0.05) is 0 Å². The van der Waals surface area contributed by atoms with Crippen LogP contribution in [0.3, 0.4) is 0 Å². The van der Waals surface area contributed by atoms with Crippen LogP contribution in [0.5, 0.6) is 0 Å². The molecule has 126 valence electrons. The Kier molecular flexibility index (Phi) is 5.32. The lowest BCUT2D eigenvalue weighted by Crippen LogP contribution is -2.27. The molecule has 0 aromatic heterocycles. The molecule has 2 aromatic rings. The van der Waals surface area contributed by atoms with Crippen LogP contribution >= 0.6 is 0 Å². The average molecular weight is 349 g/mol. The second kappa shape index (κ2) is 7.24. The summed E-state index contributed by atoms with van der Waals surface area (Å²) in [6.45, 7) is 1.82. The molecule has 1 N–H and O–H groups in total. The fraction of sp³-hybridized carbons (Fsp3) is 0.125. The van der Waals surface area contributed by atoms with E-state index in [2.05, 4.69) is 9.57 Å². The van der Waals surface area contributed by atoms with Crippen molar-refractivity contribution < 1.29 is 27.6 Å². The van der Waals surface area contributed by atoms with Crippen LogP contribution in [0.4, 0.5) is 0 Å². The molecule has 0 fully saturated rings. The monoisotopic (exact) mass is 349 g/mol. The molecule has 0 radical (unpaired) electrons. The van der Waals surface area contributed by atoms with Gasteiger partial charge in [-0.25, -0.2) is 18.0 Å². The van der Waals surface area contributed by atoms with E-state index in [0.717, 1.165) is 5.56 Å². The lowest BCUT2D eigenvalue weighted by molar-refractivity contribution is 0.0406. The first-order valence-electron chi connectivity index (χ1n) is 6.81. The fourth-order valence-corrected chi connectivity index (χ4v) is 2.55. The van der Waals surface area contributed by atoms with Crippen LogP contribution in [-0.2, 0) is 19.6 Å². The average Bonchev–Trinajstić information content (AvgIpc) is 2.59. The topological polar surface area (TPSA) is 98.8 Å². The Morgan fingerprint density at radius 3 is 1.88 bits per heavy atom. The standard InChI is InChI=1S/C16H15NO6S/c1-11-3-9-14(10-4-11)24(20,21)17-23-16(19)13-7-5-12(6-8-13)15(18)22-2/h3-10,17H,1-2H3. The van der Waals surface area contributed by atoms with Crippen LogP contribution in [0, 0.1) is 6.92 Å². The van der Waals surface area contributed by atoms with Gasteiger partial charge in [-0.1, -0.05) is 17.7 Å². The minimum atomic E-state index is -3.97. The van der Waals surface area contributed by atoms with Crippen molar-refractivity contribution in [3.8, 4) is 0 Å². The SMILES string of the molecule is COC(=O)c1ccc(C(=O)ONS(=O)(=O)c2ccc(C)cc2)cc1. The molecule has 0 aliphatic rings. The number of nitrogens with one attached hydrogen (secondary N) is 1. The smallest absolute Gasteiger partial charge is 0.357 e. The number of ether oxygens (including phenoxy) is 1. The first-order valence-corrected chi connectivity index (χ1v) is 8.30. The molecule has 0 saturated heterocycles. The molecule has 24 heavy (non-hydrogen) atoms. The molecule has 2 aromatic carbocycles. The number of carbonyl (C=O) groups is 2. The molecule has 0 bridgehead atoms. The highest BCUT2D eigenvalue weighted by molar-refractivity contribution is 7.89. The molecule has 0 spiro atoms. The Morgan fingerprint density at radius 1 is 0.875 bits per heavy atom. The van der Waals surface area contributed by atoms with Crippen molar-refractivity contribution in [3.05, 3.63) is 65.2 Å². The van der Waals surface area contributed by atoms with Gasteiger partial charge in [-0.15, -0.1) is 0 Å². The van der Waals surface area contributed by atoms with Gasteiger partial charge < -0.3 is 9.57 Å². The van der Waals surface area contributed by atoms with E-state index >= 15 is 0 Å². The van der Waals surface area contributed by atoms with Gasteiger partial charge in [0.25, 0.3) is 10.0 Å². The van der Waals surface area contributed by atoms with E-state index in [-0.39, 0.29) is 16.0 Å². The molecule has 0 saturated carbocycles. The summed E-state index contributed by atoms with van der Waals surface area (Å²) in [6, 6.07) is 11.5. The zero-order valence-electron chi connectivity index (χ0n) is 13.0. The van der Waals surface area contributed by atoms with Crippen molar-refractivity contribution in [2.75, 3.05) is 7.11 Å². The highest BCUT2D eigenvalue weighted by Gasteiger charge is 2.17. The fourth-order valence-electron chi connectivity index (χ4n) is 1.78. The number of carbonyl (C=O) groups excluding carboxylic acids is 2. The summed E-state index contributed by atoms with van der Waals surface area (Å²) in [7, 11) is -2.73. The van der Waals surface area contributed by atoms with Gasteiger partial charge in [0.15, 0.2) is 0 Å². The summed E-state index contributed by atoms with van der Waals surface area (Å²) in [4.78, 5) is 29.5. The van der Waals surface area contributed by atoms with Gasteiger partial charge in [0.1, 0.15) is 0 Å². The number of hydrogen-bond acceptors (Lipinski definition) is 6. The van der Waals surface area contributed by atoms with Crippen LogP contribution in [0.1, 0.15) is 26.3 Å². The van der Waals surface area contributed by atoms with Gasteiger partial charge >= 0.3 is 11.9 Å². The van der Waals surface area contributed by atoms with Crippen molar-refractivity contribution in [1.29, 1.82) is 0 Å². The number of esters is 1. The third-order valence-electron chi connectivity index (χ3n) is 3.12. The van der Waals surface area contributed by atoms with Crippen molar-refractivity contribution in [2.24, 2.45) is 0 Å². The number of benzene rings is 2. The van der Waals surface area contributed by atoms with Gasteiger partial charge in [-0.05, 0) is 48.2 Å². The van der Waals surface area contributed by atoms with Crippen LogP contribution in [0.15, 0.2) is 53.4 Å². The zero-order valence-corrected chi connectivity index (χ0v) is 13.8. The third-order valence-corrected chi connectivity index (χ3v) is 4.31. The maximum atomic E-state index is 12.0. The van der Waals surface area contributed by atoms with Crippen molar-refractivity contribution in [1.82, 2.24) is 4.89 Å². The van der Waals surface area contributed by atoms with Gasteiger partial charge in [0.05, 0.1) is 23.1 Å². The van der Waals surface area contributed by atoms with E-state index < -0.39 is 22.0 Å². The normalized spacial score (nSPS) is 10.9. The summed E-state index contributed by atoms with van der Waals surface area (Å²) < 4.78 is 28.6. The van der Waals surface area contributed by atoms with Crippen LogP contribution in [0.2, 0.25) is 0 Å². The summed E-state index contributed by atoms with van der Waals surface area (Å²) in [5, 5.41) is 0. The third kappa shape index (κ3) is 4.18. The molecule has 0 heterocycles. The Labute approximate surface area is 139 Å². The summed E-state index contributed by atoms with van der Waals surface area (Å²) >= 11 is 0. The summed E-state index contributed by atoms with van der Waals surface area (Å²) in [5.74, 6) is -1.45. The van der Waals surface area contributed by atoms with E-state index in [1.165, 1.54) is 43.5 Å². The van der Waals surface area contributed by atoms with E-state index in [0.29, 0.717) is 0 Å². The van der Waals surface area contributed by atoms with Gasteiger partial charge in [0.2, 0.25) is 0 Å². The summed E-state index contributed by atoms with van der Waals surface area (Å²) in [5.41, 5.74) is 1.24. The Morgan fingerprint density at radius 2 is 1.38 bits per heavy atom. The molecule has 0 amide bonds. The highest BCUT2D eigenvalue weighted by atomic mass is 32.2. The Balaban J connectivity index is 2.04. The second-order valence-corrected chi connectivity index (χ2v) is 6.50. The minimum Gasteiger partial charge on any atom is -0.465 e. The van der Waals surface area contributed by atoms with Crippen LogP contribution in [0.25, 0.3) is 0 Å². The Bertz CT molecular complexity index is 841. The lowest BCUT2D eigenvalue weighted by Gasteiger charge is -2.07. The molecular formula is C16H15NO6S. The van der Waals surface area contributed by atoms with E-state index in [1.807, 2.05) is 6.92 Å². The number of rotatable bonds is 5.